The van der Waals surface area contributed by atoms with Gasteiger partial charge in [0, 0.05) is 46.1 Å². The van der Waals surface area contributed by atoms with Gasteiger partial charge in [0.1, 0.15) is 146 Å². The summed E-state index contributed by atoms with van der Waals surface area (Å²) in [7, 11) is 0. The molecule has 34 nitrogen and oxygen atoms in total. The first-order valence-corrected chi connectivity index (χ1v) is 33.1. The van der Waals surface area contributed by atoms with Gasteiger partial charge in [0.2, 0.25) is 11.8 Å². The summed E-state index contributed by atoms with van der Waals surface area (Å²) in [6.45, 7) is -1.50. The summed E-state index contributed by atoms with van der Waals surface area (Å²) >= 11 is 0. The number of aliphatic hydroxyl groups excluding tert-OH is 17. The molecule has 0 aliphatic carbocycles. The molecule has 30 atom stereocenters. The van der Waals surface area contributed by atoms with Crippen LogP contribution in [0.4, 0.5) is 0 Å². The van der Waals surface area contributed by atoms with E-state index in [1.807, 2.05) is 0 Å². The van der Waals surface area contributed by atoms with E-state index in [0.29, 0.717) is 6.42 Å². The van der Waals surface area contributed by atoms with E-state index in [9.17, 15) is 96.4 Å². The lowest BCUT2D eigenvalue weighted by Crippen LogP contribution is -2.69. The van der Waals surface area contributed by atoms with Crippen LogP contribution in [-0.4, -0.2) is 354 Å². The second-order valence-electron chi connectivity index (χ2n) is 25.1. The van der Waals surface area contributed by atoms with Gasteiger partial charge in [-0.1, -0.05) is 70.4 Å². The van der Waals surface area contributed by atoms with Crippen LogP contribution in [0.3, 0.4) is 0 Å². The van der Waals surface area contributed by atoms with Crippen LogP contribution in [0.5, 0.6) is 0 Å². The molecule has 34 heteroatoms. The van der Waals surface area contributed by atoms with Crippen molar-refractivity contribution in [1.29, 1.82) is 0 Å². The second-order valence-corrected chi connectivity index (χ2v) is 25.1. The maximum Gasteiger partial charge on any atom is 0.222 e. The molecular weight excluding hydrogens is 1260 g/mol. The van der Waals surface area contributed by atoms with Crippen molar-refractivity contribution in [3.8, 4) is 0 Å². The highest BCUT2D eigenvalue weighted by Gasteiger charge is 2.59. The van der Waals surface area contributed by atoms with Crippen molar-refractivity contribution in [2.75, 3.05) is 65.8 Å². The number of rotatable bonds is 28. The molecule has 2 amide bonds. The van der Waals surface area contributed by atoms with E-state index in [1.165, 1.54) is 45.4 Å². The average molecular weight is 1360 g/mol. The summed E-state index contributed by atoms with van der Waals surface area (Å²) in [4.78, 5) is 27.1. The van der Waals surface area contributed by atoms with Gasteiger partial charge in [-0.15, -0.1) is 0 Å². The minimum atomic E-state index is -2.18. The fraction of sp³-hybridized carbons (Fsp3) is 0.933. The van der Waals surface area contributed by atoms with Crippen molar-refractivity contribution in [3.63, 3.8) is 0 Å². The summed E-state index contributed by atoms with van der Waals surface area (Å²) in [5.74, 6) is -0.497. The van der Waals surface area contributed by atoms with Crippen molar-refractivity contribution in [3.05, 3.63) is 12.2 Å². The van der Waals surface area contributed by atoms with Gasteiger partial charge in [-0.3, -0.25) is 9.59 Å². The number of allylic oxidation sites excluding steroid dienone is 2. The monoisotopic (exact) mass is 1360 g/mol. The molecule has 546 valence electrons. The average Bonchev–Trinajstić information content (AvgIpc) is 0.786. The van der Waals surface area contributed by atoms with Crippen molar-refractivity contribution >= 4 is 11.8 Å². The van der Waals surface area contributed by atoms with E-state index >= 15 is 0 Å². The minimum absolute atomic E-state index is 0.0255. The number of carbonyl (C=O) groups excluding carboxylic acids is 2. The Morgan fingerprint density at radius 1 is 0.362 bits per heavy atom. The van der Waals surface area contributed by atoms with E-state index in [4.69, 9.17) is 56.8 Å². The number of unbranched alkanes of at least 4 members (excludes halogenated alkanes) is 11. The number of ether oxygens (including phenoxy) is 12. The van der Waals surface area contributed by atoms with Crippen molar-refractivity contribution in [2.45, 2.75) is 288 Å². The molecule has 22 saturated heterocycles. The van der Waals surface area contributed by atoms with Gasteiger partial charge in [-0.2, -0.15) is 0 Å². The lowest BCUT2D eigenvalue weighted by molar-refractivity contribution is -0.403. The van der Waals surface area contributed by atoms with Gasteiger partial charge in [-0.05, 0) is 32.1 Å². The van der Waals surface area contributed by atoms with Crippen LogP contribution in [0, 0.1) is 0 Å². The highest BCUT2D eigenvalue weighted by molar-refractivity contribution is 5.76. The smallest absolute Gasteiger partial charge is 0.222 e. The normalized spacial score (nSPS) is 42.4. The quantitative estimate of drug-likeness (QED) is 0.0256. The van der Waals surface area contributed by atoms with Crippen molar-refractivity contribution in [2.24, 2.45) is 0 Å². The first-order chi connectivity index (χ1) is 45.1. The Morgan fingerprint density at radius 3 is 0.947 bits per heavy atom. The molecule has 94 heavy (non-hydrogen) atoms. The molecule has 22 heterocycles. The van der Waals surface area contributed by atoms with Crippen LogP contribution in [0.2, 0.25) is 0 Å². The maximum absolute atomic E-state index is 13.7. The molecule has 22 rings (SSSR count). The zero-order valence-corrected chi connectivity index (χ0v) is 53.2. The minimum Gasteiger partial charge on any atom is -0.394 e. The number of nitrogens with zero attached hydrogens (tertiary/aromatic N) is 1. The van der Waals surface area contributed by atoms with E-state index < -0.39 is 217 Å². The third-order valence-corrected chi connectivity index (χ3v) is 18.2. The molecule has 0 aromatic rings. The summed E-state index contributed by atoms with van der Waals surface area (Å²) in [5, 5.41) is 197. The van der Waals surface area contributed by atoms with Crippen LogP contribution in [-0.2, 0) is 66.4 Å². The first kappa shape index (κ1) is 78.8. The molecule has 22 aliphatic heterocycles. The Labute approximate surface area is 545 Å². The van der Waals surface area contributed by atoms with Crippen LogP contribution < -0.4 is 10.6 Å². The zero-order valence-electron chi connectivity index (χ0n) is 53.2. The lowest BCUT2D eigenvalue weighted by Gasteiger charge is -2.50. The molecule has 22 fully saturated rings. The summed E-state index contributed by atoms with van der Waals surface area (Å²) in [6.07, 6.45) is -40.3. The molecular formula is C60H105N3O31. The Morgan fingerprint density at radius 2 is 0.638 bits per heavy atom. The predicted octanol–water partition coefficient (Wildman–Crippen LogP) is -7.46. The van der Waals surface area contributed by atoms with Crippen molar-refractivity contribution in [1.82, 2.24) is 15.5 Å². The molecule has 19 N–H and O–H groups in total. The first-order valence-electron chi connectivity index (χ1n) is 33.1. The van der Waals surface area contributed by atoms with Crippen LogP contribution in [0.15, 0.2) is 12.2 Å². The highest BCUT2D eigenvalue weighted by Crippen LogP contribution is 2.38. The standard InChI is InChI=1S/C60H105N3O31/c1-3-4-5-6-7-8-9-10-11-12-13-14-15-16-17-18-36(70)63(22-20-62-29(2)69)21-19-61-23-30-49-37(71)43(77)55(83-30)90-50-31(24-64)85-57(45(79)39(50)73)92-52-33(26-66)87-59(47(81)41(52)75)94-54-35(28-68)88-60(48(82)42(54)76)93-53-34(27-67)86-58(46(80)40(53)74)91-51-32(25-65)84-56(89-49)44(78)38(51)72/h10-11,30-35,37-61,64-68,71-82H,3-9,12-28H2,1-2H3,(H,62,69)/b11-10-. The Bertz CT molecular complexity index is 2210. The fourth-order valence-corrected chi connectivity index (χ4v) is 12.6. The van der Waals surface area contributed by atoms with Crippen LogP contribution in [0.1, 0.15) is 104 Å². The van der Waals surface area contributed by atoms with Gasteiger partial charge < -0.3 is 159 Å². The van der Waals surface area contributed by atoms with Gasteiger partial charge in [0.05, 0.1) is 33.0 Å². The van der Waals surface area contributed by atoms with Gasteiger partial charge in [-0.25, -0.2) is 0 Å². The zero-order chi connectivity index (χ0) is 68.3. The SMILES string of the molecule is CCCCCCCC/C=C\CCCCCCCC(=O)N(CCNCC1OC2OC3C(CO)OC(OC4C(CO)OC(OC5C(CO)OC(OC6C(CO)OC(OC7C(CO)OC(OC1C(O)C2O)C(O)C7O)C(O)C6O)C(O)C5O)C(O)C4O)C(O)C3O)CCNC(C)=O. The number of hydrogen-bond donors (Lipinski definition) is 19. The number of aliphatic hydroxyl groups is 17. The third kappa shape index (κ3) is 20.4. The van der Waals surface area contributed by atoms with E-state index in [-0.39, 0.29) is 51.0 Å². The van der Waals surface area contributed by atoms with E-state index in [2.05, 4.69) is 29.7 Å². The van der Waals surface area contributed by atoms with Crippen molar-refractivity contribution < 1.29 is 153 Å². The fourth-order valence-electron chi connectivity index (χ4n) is 12.6. The molecule has 0 saturated carbocycles. The number of carbonyl (C=O) groups is 2. The van der Waals surface area contributed by atoms with Gasteiger partial charge in [0.25, 0.3) is 0 Å². The second kappa shape index (κ2) is 38.9. The number of amides is 2. The molecule has 0 radical (unpaired) electrons. The largest absolute Gasteiger partial charge is 0.394 e. The van der Waals surface area contributed by atoms with E-state index in [1.54, 1.807) is 4.90 Å². The van der Waals surface area contributed by atoms with E-state index in [0.717, 1.165) is 38.5 Å². The summed E-state index contributed by atoms with van der Waals surface area (Å²) < 4.78 is 70.5. The Hall–Kier alpha value is -2.52. The van der Waals surface area contributed by atoms with Gasteiger partial charge >= 0.3 is 0 Å². The molecule has 0 aromatic heterocycles. The molecule has 12 bridgehead atoms. The number of nitrogens with one attached hydrogen (secondary N) is 2. The summed E-state index contributed by atoms with van der Waals surface area (Å²) in [6, 6.07) is 0. The lowest BCUT2D eigenvalue weighted by atomic mass is 9.94. The topological polar surface area (TPSA) is 516 Å². The van der Waals surface area contributed by atoms with Crippen LogP contribution in [0.25, 0.3) is 0 Å². The predicted molar refractivity (Wildman–Crippen MR) is 316 cm³/mol. The van der Waals surface area contributed by atoms with Crippen LogP contribution >= 0.6 is 0 Å². The highest BCUT2D eigenvalue weighted by atomic mass is 16.8. The number of hydrogen-bond acceptors (Lipinski definition) is 32. The third-order valence-electron chi connectivity index (χ3n) is 18.2. The molecule has 30 unspecified atom stereocenters. The maximum atomic E-state index is 13.7. The Kier molecular flexibility index (Phi) is 32.6. The molecule has 0 spiro atoms. The van der Waals surface area contributed by atoms with Gasteiger partial charge in [0.15, 0.2) is 37.7 Å². The Balaban J connectivity index is 1.09. The molecule has 22 aliphatic rings. The summed E-state index contributed by atoms with van der Waals surface area (Å²) in [5.41, 5.74) is 0. The molecule has 0 aromatic carbocycles.